The third kappa shape index (κ3) is 4.40. The molecule has 0 radical (unpaired) electrons. The summed E-state index contributed by atoms with van der Waals surface area (Å²) in [5.74, 6) is -0.317. The first-order valence-corrected chi connectivity index (χ1v) is 10.5. The molecule has 3 aromatic rings. The molecule has 4 rings (SSSR count). The van der Waals surface area contributed by atoms with Crippen LogP contribution in [0.25, 0.3) is 11.1 Å². The predicted molar refractivity (Wildman–Crippen MR) is 120 cm³/mol. The first kappa shape index (κ1) is 21.7. The Hall–Kier alpha value is -3.52. The van der Waals surface area contributed by atoms with E-state index in [9.17, 15) is 9.59 Å². The molecule has 1 aliphatic heterocycles. The topological polar surface area (TPSA) is 91.4 Å². The smallest absolute Gasteiger partial charge is 0.291 e. The van der Waals surface area contributed by atoms with Crippen molar-refractivity contribution in [3.8, 4) is 11.1 Å². The predicted octanol–water partition coefficient (Wildman–Crippen LogP) is 2.32. The summed E-state index contributed by atoms with van der Waals surface area (Å²) in [6, 6.07) is 16.4. The number of nitrogens with zero attached hydrogens (tertiary/aromatic N) is 4. The molecule has 1 aliphatic rings. The molecule has 0 bridgehead atoms. The second kappa shape index (κ2) is 8.92. The van der Waals surface area contributed by atoms with Crippen molar-refractivity contribution in [3.63, 3.8) is 0 Å². The zero-order valence-electron chi connectivity index (χ0n) is 18.5. The number of likely N-dealkylation sites (N-methyl/N-ethyl adjacent to an activating group) is 1. The minimum absolute atomic E-state index is 0.137. The molecule has 2 aromatic carbocycles. The van der Waals surface area contributed by atoms with Gasteiger partial charge in [0.1, 0.15) is 6.33 Å². The van der Waals surface area contributed by atoms with Crippen LogP contribution in [0.15, 0.2) is 54.9 Å². The number of ether oxygens (including phenoxy) is 1. The SMILES string of the molecule is Cc1ccc(-c2cccc(CC3(C(=O)N(C)C)CN(C(=O)c4ncn[nH]4)CCO3)c2)cc1. The zero-order chi connectivity index (χ0) is 22.7. The number of aromatic nitrogens is 3. The monoisotopic (exact) mass is 433 g/mol. The largest absolute Gasteiger partial charge is 0.361 e. The highest BCUT2D eigenvalue weighted by atomic mass is 16.5. The molecule has 8 heteroatoms. The van der Waals surface area contributed by atoms with Crippen LogP contribution in [0.1, 0.15) is 21.7 Å². The molecule has 1 atom stereocenters. The third-order valence-corrected chi connectivity index (χ3v) is 5.69. The third-order valence-electron chi connectivity index (χ3n) is 5.69. The zero-order valence-corrected chi connectivity index (χ0v) is 18.5. The quantitative estimate of drug-likeness (QED) is 0.667. The number of aromatic amines is 1. The van der Waals surface area contributed by atoms with Gasteiger partial charge in [0.2, 0.25) is 5.82 Å². The molecule has 8 nitrogen and oxygen atoms in total. The molecular formula is C24H27N5O3. The van der Waals surface area contributed by atoms with Crippen molar-refractivity contribution in [3.05, 3.63) is 71.8 Å². The highest BCUT2D eigenvalue weighted by Gasteiger charge is 2.46. The molecule has 1 saturated heterocycles. The highest BCUT2D eigenvalue weighted by Crippen LogP contribution is 2.28. The summed E-state index contributed by atoms with van der Waals surface area (Å²) in [4.78, 5) is 33.3. The van der Waals surface area contributed by atoms with Gasteiger partial charge in [-0.1, -0.05) is 54.1 Å². The minimum atomic E-state index is -1.18. The van der Waals surface area contributed by atoms with Crippen LogP contribution in [-0.4, -0.2) is 76.2 Å². The lowest BCUT2D eigenvalue weighted by atomic mass is 9.89. The van der Waals surface area contributed by atoms with Gasteiger partial charge in [-0.25, -0.2) is 4.98 Å². The van der Waals surface area contributed by atoms with Crippen LogP contribution in [-0.2, 0) is 16.0 Å². The molecule has 1 unspecified atom stereocenters. The summed E-state index contributed by atoms with van der Waals surface area (Å²) in [7, 11) is 3.40. The number of carbonyl (C=O) groups is 2. The van der Waals surface area contributed by atoms with Gasteiger partial charge in [-0.05, 0) is 23.6 Å². The molecule has 166 valence electrons. The number of amides is 2. The number of hydrogen-bond acceptors (Lipinski definition) is 5. The number of nitrogens with one attached hydrogen (secondary N) is 1. The fraction of sp³-hybridized carbons (Fsp3) is 0.333. The van der Waals surface area contributed by atoms with E-state index in [0.29, 0.717) is 13.0 Å². The maximum Gasteiger partial charge on any atom is 0.291 e. The summed E-state index contributed by atoms with van der Waals surface area (Å²) in [6.45, 7) is 2.84. The van der Waals surface area contributed by atoms with Gasteiger partial charge in [-0.2, -0.15) is 5.10 Å². The van der Waals surface area contributed by atoms with Crippen molar-refractivity contribution in [2.75, 3.05) is 33.8 Å². The van der Waals surface area contributed by atoms with Gasteiger partial charge < -0.3 is 14.5 Å². The van der Waals surface area contributed by atoms with Crippen LogP contribution in [0, 0.1) is 6.92 Å². The minimum Gasteiger partial charge on any atom is -0.361 e. The number of hydrogen-bond donors (Lipinski definition) is 1. The van der Waals surface area contributed by atoms with E-state index in [0.717, 1.165) is 16.7 Å². The van der Waals surface area contributed by atoms with Crippen molar-refractivity contribution < 1.29 is 14.3 Å². The van der Waals surface area contributed by atoms with E-state index >= 15 is 0 Å². The fourth-order valence-corrected chi connectivity index (χ4v) is 4.07. The van der Waals surface area contributed by atoms with E-state index in [1.54, 1.807) is 19.0 Å². The Morgan fingerprint density at radius 3 is 2.62 bits per heavy atom. The molecule has 32 heavy (non-hydrogen) atoms. The molecule has 1 fully saturated rings. The van der Waals surface area contributed by atoms with Gasteiger partial charge in [-0.15, -0.1) is 0 Å². The lowest BCUT2D eigenvalue weighted by Gasteiger charge is -2.42. The number of benzene rings is 2. The van der Waals surface area contributed by atoms with Crippen LogP contribution in [0.5, 0.6) is 0 Å². The number of morpholine rings is 1. The van der Waals surface area contributed by atoms with E-state index in [1.807, 2.05) is 12.1 Å². The second-order valence-corrected chi connectivity index (χ2v) is 8.35. The number of rotatable bonds is 5. The Balaban J connectivity index is 1.64. The van der Waals surface area contributed by atoms with E-state index in [2.05, 4.69) is 58.5 Å². The lowest BCUT2D eigenvalue weighted by molar-refractivity contribution is -0.165. The molecule has 0 aliphatic carbocycles. The van der Waals surface area contributed by atoms with Gasteiger partial charge in [-0.3, -0.25) is 14.7 Å². The van der Waals surface area contributed by atoms with Crippen LogP contribution >= 0.6 is 0 Å². The van der Waals surface area contributed by atoms with Gasteiger partial charge in [0.05, 0.1) is 13.2 Å². The van der Waals surface area contributed by atoms with Crippen molar-refractivity contribution in [2.24, 2.45) is 0 Å². The Morgan fingerprint density at radius 1 is 1.16 bits per heavy atom. The van der Waals surface area contributed by atoms with Gasteiger partial charge in [0, 0.05) is 27.1 Å². The molecule has 1 aromatic heterocycles. The Labute approximate surface area is 187 Å². The molecule has 2 heterocycles. The van der Waals surface area contributed by atoms with E-state index < -0.39 is 5.60 Å². The van der Waals surface area contributed by atoms with Gasteiger partial charge in [0.15, 0.2) is 5.60 Å². The summed E-state index contributed by atoms with van der Waals surface area (Å²) in [6.07, 6.45) is 1.65. The van der Waals surface area contributed by atoms with Crippen molar-refractivity contribution in [1.29, 1.82) is 0 Å². The molecule has 2 amide bonds. The number of H-pyrrole nitrogens is 1. The summed E-state index contributed by atoms with van der Waals surface area (Å²) in [5.41, 5.74) is 3.17. The van der Waals surface area contributed by atoms with Crippen molar-refractivity contribution in [1.82, 2.24) is 25.0 Å². The van der Waals surface area contributed by atoms with Crippen molar-refractivity contribution >= 4 is 11.8 Å². The average molecular weight is 434 g/mol. The Kier molecular flexibility index (Phi) is 6.05. The normalized spacial score (nSPS) is 18.4. The maximum absolute atomic E-state index is 13.3. The first-order valence-electron chi connectivity index (χ1n) is 10.5. The summed E-state index contributed by atoms with van der Waals surface area (Å²) < 4.78 is 6.12. The lowest BCUT2D eigenvalue weighted by Crippen LogP contribution is -2.61. The second-order valence-electron chi connectivity index (χ2n) is 8.35. The first-order chi connectivity index (χ1) is 15.4. The van der Waals surface area contributed by atoms with Crippen LogP contribution in [0.4, 0.5) is 0 Å². The van der Waals surface area contributed by atoms with Gasteiger partial charge in [0.25, 0.3) is 11.8 Å². The maximum atomic E-state index is 13.3. The van der Waals surface area contributed by atoms with E-state index in [1.165, 1.54) is 16.8 Å². The van der Waals surface area contributed by atoms with Gasteiger partial charge >= 0.3 is 0 Å². The Morgan fingerprint density at radius 2 is 1.94 bits per heavy atom. The Bertz CT molecular complexity index is 1100. The van der Waals surface area contributed by atoms with E-state index in [-0.39, 0.29) is 30.8 Å². The van der Waals surface area contributed by atoms with Crippen LogP contribution < -0.4 is 0 Å². The standard InChI is InChI=1S/C24H27N5O3/c1-17-7-9-19(10-8-17)20-6-4-5-18(13-20)14-24(23(31)28(2)3)15-29(11-12-32-24)22(30)21-25-16-26-27-21/h4-10,13,16H,11-12,14-15H2,1-3H3,(H,25,26,27). The van der Waals surface area contributed by atoms with E-state index in [4.69, 9.17) is 4.74 Å². The highest BCUT2D eigenvalue weighted by molar-refractivity contribution is 5.92. The molecule has 0 spiro atoms. The van der Waals surface area contributed by atoms with Crippen molar-refractivity contribution in [2.45, 2.75) is 18.9 Å². The van der Waals surface area contributed by atoms with Crippen LogP contribution in [0.3, 0.4) is 0 Å². The molecular weight excluding hydrogens is 406 g/mol. The fourth-order valence-electron chi connectivity index (χ4n) is 4.07. The summed E-state index contributed by atoms with van der Waals surface area (Å²) in [5, 5.41) is 6.36. The van der Waals surface area contributed by atoms with Crippen LogP contribution in [0.2, 0.25) is 0 Å². The number of aryl methyl sites for hydroxylation is 1. The average Bonchev–Trinajstić information content (AvgIpc) is 3.34. The molecule has 0 saturated carbocycles. The number of carbonyl (C=O) groups excluding carboxylic acids is 2. The summed E-state index contributed by atoms with van der Waals surface area (Å²) >= 11 is 0. The molecule has 1 N–H and O–H groups in total.